The Bertz CT molecular complexity index is 830. The second kappa shape index (κ2) is 12.8. The topological polar surface area (TPSA) is 93.9 Å². The normalized spacial score (nSPS) is 14.6. The Hall–Kier alpha value is -2.49. The van der Waals surface area contributed by atoms with Gasteiger partial charge in [0.2, 0.25) is 0 Å². The molecule has 1 aliphatic rings. The summed E-state index contributed by atoms with van der Waals surface area (Å²) >= 11 is 0. The summed E-state index contributed by atoms with van der Waals surface area (Å²) < 4.78 is 50.7. The van der Waals surface area contributed by atoms with E-state index >= 15 is 0 Å². The predicted octanol–water partition coefficient (Wildman–Crippen LogP) is 5.15. The summed E-state index contributed by atoms with van der Waals surface area (Å²) in [5, 5.41) is 2.36. The lowest BCUT2D eigenvalue weighted by molar-refractivity contribution is -0.138. The van der Waals surface area contributed by atoms with Gasteiger partial charge in [0.15, 0.2) is 0 Å². The highest BCUT2D eigenvalue weighted by atomic mass is 19.4. The van der Waals surface area contributed by atoms with Crippen LogP contribution in [0.3, 0.4) is 0 Å². The molecular weight excluding hydrogens is 451 g/mol. The first-order valence-corrected chi connectivity index (χ1v) is 11.6. The number of carbonyl (C=O) groups excluding carboxylic acids is 2. The number of alkyl carbamates (subject to hydrolysis) is 1. The van der Waals surface area contributed by atoms with E-state index in [1.54, 1.807) is 13.8 Å². The molecule has 1 fully saturated rings. The second-order valence-corrected chi connectivity index (χ2v) is 9.00. The summed E-state index contributed by atoms with van der Waals surface area (Å²) in [5.41, 5.74) is 5.36. The van der Waals surface area contributed by atoms with Crippen LogP contribution in [-0.2, 0) is 28.6 Å². The summed E-state index contributed by atoms with van der Waals surface area (Å²) in [7, 11) is 1.54. The molecule has 1 aliphatic heterocycles. The quantitative estimate of drug-likeness (QED) is 0.439. The van der Waals surface area contributed by atoms with Crippen molar-refractivity contribution >= 4 is 17.7 Å². The molecule has 34 heavy (non-hydrogen) atoms. The number of nitrogens with two attached hydrogens (primary N) is 1. The Morgan fingerprint density at radius 2 is 1.68 bits per heavy atom. The largest absolute Gasteiger partial charge is 0.462 e. The van der Waals surface area contributed by atoms with Crippen molar-refractivity contribution in [1.29, 1.82) is 0 Å². The maximum atomic E-state index is 13.7. The highest BCUT2D eigenvalue weighted by molar-refractivity contribution is 5.96. The minimum Gasteiger partial charge on any atom is -0.462 e. The van der Waals surface area contributed by atoms with Gasteiger partial charge < -0.3 is 20.5 Å². The van der Waals surface area contributed by atoms with E-state index in [2.05, 4.69) is 5.32 Å². The van der Waals surface area contributed by atoms with E-state index in [4.69, 9.17) is 15.2 Å². The van der Waals surface area contributed by atoms with Crippen molar-refractivity contribution in [2.75, 3.05) is 32.5 Å². The number of nitrogens with zero attached hydrogens (tertiary/aromatic N) is 1. The van der Waals surface area contributed by atoms with Gasteiger partial charge in [-0.15, -0.1) is 0 Å². The number of hydrogen-bond acceptors (Lipinski definition) is 6. The number of piperidine rings is 1. The summed E-state index contributed by atoms with van der Waals surface area (Å²) in [5.74, 6) is -0.815. The van der Waals surface area contributed by atoms with E-state index in [1.165, 1.54) is 7.05 Å². The molecule has 2 rings (SSSR count). The van der Waals surface area contributed by atoms with Gasteiger partial charge in [0, 0.05) is 19.3 Å². The summed E-state index contributed by atoms with van der Waals surface area (Å²) in [6, 6.07) is 0.853. The minimum atomic E-state index is -4.55. The third kappa shape index (κ3) is 9.04. The van der Waals surface area contributed by atoms with Gasteiger partial charge in [-0.1, -0.05) is 13.3 Å². The Morgan fingerprint density at radius 3 is 2.09 bits per heavy atom. The number of benzene rings is 1. The molecule has 3 N–H and O–H groups in total. The number of carbonyl (C=O) groups is 2. The molecule has 0 bridgehead atoms. The summed E-state index contributed by atoms with van der Waals surface area (Å²) in [4.78, 5) is 24.6. The highest BCUT2D eigenvalue weighted by Crippen LogP contribution is 2.38. The van der Waals surface area contributed by atoms with Crippen LogP contribution in [0.1, 0.15) is 80.9 Å². The predicted molar refractivity (Wildman–Crippen MR) is 126 cm³/mol. The molecule has 1 saturated heterocycles. The first-order valence-electron chi connectivity index (χ1n) is 11.6. The Labute approximate surface area is 200 Å². The molecule has 0 aromatic heterocycles. The van der Waals surface area contributed by atoms with E-state index in [9.17, 15) is 22.8 Å². The molecule has 194 valence electrons. The molecule has 0 atom stereocenters. The van der Waals surface area contributed by atoms with Crippen LogP contribution in [0.15, 0.2) is 6.07 Å². The van der Waals surface area contributed by atoms with Gasteiger partial charge in [-0.25, -0.2) is 9.59 Å². The van der Waals surface area contributed by atoms with E-state index in [0.29, 0.717) is 12.0 Å². The lowest BCUT2D eigenvalue weighted by atomic mass is 9.92. The van der Waals surface area contributed by atoms with Crippen LogP contribution in [-0.4, -0.2) is 49.3 Å². The van der Waals surface area contributed by atoms with Crippen LogP contribution < -0.4 is 11.1 Å². The molecule has 0 radical (unpaired) electrons. The number of likely N-dealkylation sites (tertiary alicyclic amines) is 1. The van der Waals surface area contributed by atoms with Gasteiger partial charge in [0.25, 0.3) is 0 Å². The van der Waals surface area contributed by atoms with Crippen LogP contribution in [0.2, 0.25) is 0 Å². The van der Waals surface area contributed by atoms with Gasteiger partial charge in [0.05, 0.1) is 17.7 Å². The van der Waals surface area contributed by atoms with E-state index in [0.717, 1.165) is 38.4 Å². The van der Waals surface area contributed by atoms with Crippen molar-refractivity contribution in [3.8, 4) is 0 Å². The zero-order valence-electron chi connectivity index (χ0n) is 21.0. The Balaban J connectivity index is 0.000000546. The number of amides is 1. The van der Waals surface area contributed by atoms with Gasteiger partial charge in [0.1, 0.15) is 5.60 Å². The number of hydrogen-bond donors (Lipinski definition) is 2. The van der Waals surface area contributed by atoms with Gasteiger partial charge in [-0.2, -0.15) is 13.2 Å². The first-order chi connectivity index (χ1) is 15.7. The van der Waals surface area contributed by atoms with E-state index in [1.807, 2.05) is 25.7 Å². The van der Waals surface area contributed by atoms with Crippen molar-refractivity contribution in [1.82, 2.24) is 10.2 Å². The SMILES string of the molecule is CCOC(=O)c1cc(C(F)(F)F)c(CN2CCCCC2)c(CC)c1N.CNC(=O)OC(C)(C)C. The van der Waals surface area contributed by atoms with Crippen molar-refractivity contribution in [3.05, 3.63) is 28.3 Å². The van der Waals surface area contributed by atoms with Gasteiger partial charge in [-0.05, 0) is 77.2 Å². The molecule has 1 aromatic carbocycles. The van der Waals surface area contributed by atoms with Gasteiger partial charge >= 0.3 is 18.2 Å². The molecule has 1 amide bonds. The van der Waals surface area contributed by atoms with E-state index in [-0.39, 0.29) is 41.7 Å². The average Bonchev–Trinajstić information content (AvgIpc) is 2.73. The van der Waals surface area contributed by atoms with E-state index < -0.39 is 17.7 Å². The number of alkyl halides is 3. The third-order valence-corrected chi connectivity index (χ3v) is 5.18. The Morgan fingerprint density at radius 1 is 1.09 bits per heavy atom. The van der Waals surface area contributed by atoms with Crippen molar-refractivity contribution in [3.63, 3.8) is 0 Å². The second-order valence-electron chi connectivity index (χ2n) is 9.00. The maximum Gasteiger partial charge on any atom is 0.416 e. The van der Waals surface area contributed by atoms with Crippen LogP contribution >= 0.6 is 0 Å². The number of rotatable bonds is 5. The molecule has 7 nitrogen and oxygen atoms in total. The van der Waals surface area contributed by atoms with Crippen LogP contribution in [0.5, 0.6) is 0 Å². The van der Waals surface area contributed by atoms with Crippen molar-refractivity contribution in [2.45, 2.75) is 78.6 Å². The zero-order valence-corrected chi connectivity index (χ0v) is 21.0. The molecular formula is C24H38F3N3O4. The highest BCUT2D eigenvalue weighted by Gasteiger charge is 2.37. The van der Waals surface area contributed by atoms with Crippen molar-refractivity contribution < 1.29 is 32.2 Å². The fraction of sp³-hybridized carbons (Fsp3) is 0.667. The molecule has 0 aliphatic carbocycles. The summed E-state index contributed by atoms with van der Waals surface area (Å²) in [6.07, 6.45) is -1.54. The molecule has 0 spiro atoms. The van der Waals surface area contributed by atoms with Gasteiger partial charge in [-0.3, -0.25) is 4.90 Å². The smallest absolute Gasteiger partial charge is 0.416 e. The zero-order chi connectivity index (χ0) is 26.1. The monoisotopic (exact) mass is 489 g/mol. The van der Waals surface area contributed by atoms with Crippen LogP contribution in [0.4, 0.5) is 23.7 Å². The number of nitrogens with one attached hydrogen (secondary N) is 1. The average molecular weight is 490 g/mol. The number of ether oxygens (including phenoxy) is 2. The lowest BCUT2D eigenvalue weighted by Crippen LogP contribution is -2.31. The lowest BCUT2D eigenvalue weighted by Gasteiger charge is -2.29. The molecule has 1 heterocycles. The van der Waals surface area contributed by atoms with Crippen LogP contribution in [0.25, 0.3) is 0 Å². The van der Waals surface area contributed by atoms with Crippen LogP contribution in [0, 0.1) is 0 Å². The number of esters is 1. The first kappa shape index (κ1) is 29.5. The fourth-order valence-corrected chi connectivity index (χ4v) is 3.68. The number of anilines is 1. The summed E-state index contributed by atoms with van der Waals surface area (Å²) in [6.45, 7) is 10.7. The number of nitrogen functional groups attached to an aromatic ring is 1. The van der Waals surface area contributed by atoms with Crippen molar-refractivity contribution in [2.24, 2.45) is 0 Å². The molecule has 0 saturated carbocycles. The Kier molecular flexibility index (Phi) is 11.1. The molecule has 1 aromatic rings. The fourth-order valence-electron chi connectivity index (χ4n) is 3.68. The molecule has 0 unspecified atom stereocenters. The third-order valence-electron chi connectivity index (χ3n) is 5.18. The standard InChI is InChI=1S/C18H25F3N2O2.C6H13NO2/c1-3-12-14(11-23-8-6-5-7-9-23)15(18(19,20)21)10-13(16(12)22)17(24)25-4-2;1-6(2,3)9-5(8)7-4/h10H,3-9,11,22H2,1-2H3;1-4H3,(H,7,8). The number of halogens is 3. The maximum absolute atomic E-state index is 13.7. The minimum absolute atomic E-state index is 0.0800. The molecule has 10 heteroatoms.